The van der Waals surface area contributed by atoms with Crippen molar-refractivity contribution in [1.29, 1.82) is 0 Å². The standard InChI is InChI=1S/C14H16ClF3N4O3/c1-7(12(24)21-13(19)25)22(2)6-11(23)20-8-3-4-10(15)9(5-8)14(16,17)18/h3-5,7H,6H2,1-2H3,(H,20,23)(H3,19,21,24,25)/t7-/m1/s1. The third-order valence-electron chi connectivity index (χ3n) is 3.24. The summed E-state index contributed by atoms with van der Waals surface area (Å²) in [5.74, 6) is -1.37. The molecule has 0 spiro atoms. The van der Waals surface area contributed by atoms with E-state index in [4.69, 9.17) is 17.3 Å². The topological polar surface area (TPSA) is 105 Å². The van der Waals surface area contributed by atoms with E-state index in [0.717, 1.165) is 6.07 Å². The highest BCUT2D eigenvalue weighted by Gasteiger charge is 2.33. The van der Waals surface area contributed by atoms with Crippen LogP contribution in [0.5, 0.6) is 0 Å². The van der Waals surface area contributed by atoms with Crippen LogP contribution in [0.1, 0.15) is 12.5 Å². The molecular formula is C14H16ClF3N4O3. The first-order chi connectivity index (χ1) is 11.4. The number of imide groups is 1. The summed E-state index contributed by atoms with van der Waals surface area (Å²) in [4.78, 5) is 35.4. The minimum atomic E-state index is -4.66. The van der Waals surface area contributed by atoms with Crippen molar-refractivity contribution in [2.24, 2.45) is 5.73 Å². The quantitative estimate of drug-likeness (QED) is 0.724. The van der Waals surface area contributed by atoms with Crippen molar-refractivity contribution in [3.8, 4) is 0 Å². The van der Waals surface area contributed by atoms with E-state index in [1.54, 1.807) is 0 Å². The van der Waals surface area contributed by atoms with Crippen molar-refractivity contribution in [1.82, 2.24) is 10.2 Å². The van der Waals surface area contributed by atoms with E-state index in [9.17, 15) is 27.6 Å². The highest BCUT2D eigenvalue weighted by molar-refractivity contribution is 6.31. The molecule has 0 saturated heterocycles. The lowest BCUT2D eigenvalue weighted by molar-refractivity contribution is -0.137. The van der Waals surface area contributed by atoms with Gasteiger partial charge in [-0.2, -0.15) is 13.2 Å². The van der Waals surface area contributed by atoms with Crippen molar-refractivity contribution in [3.05, 3.63) is 28.8 Å². The van der Waals surface area contributed by atoms with Gasteiger partial charge in [-0.05, 0) is 32.2 Å². The zero-order chi connectivity index (χ0) is 19.4. The molecule has 0 aromatic heterocycles. The molecular weight excluding hydrogens is 365 g/mol. The predicted molar refractivity (Wildman–Crippen MR) is 84.9 cm³/mol. The molecule has 0 fully saturated rings. The molecule has 0 saturated carbocycles. The number of amides is 4. The van der Waals surface area contributed by atoms with Gasteiger partial charge in [0.1, 0.15) is 0 Å². The SMILES string of the molecule is C[C@H](C(=O)NC(N)=O)N(C)CC(=O)Nc1ccc(Cl)c(C(F)(F)F)c1. The first kappa shape index (κ1) is 20.7. The molecule has 0 aliphatic rings. The maximum Gasteiger partial charge on any atom is 0.417 e. The summed E-state index contributed by atoms with van der Waals surface area (Å²) in [5, 5.41) is 3.66. The summed E-state index contributed by atoms with van der Waals surface area (Å²) in [6.07, 6.45) is -4.66. The fraction of sp³-hybridized carbons (Fsp3) is 0.357. The zero-order valence-electron chi connectivity index (χ0n) is 13.3. The van der Waals surface area contributed by atoms with Gasteiger partial charge >= 0.3 is 12.2 Å². The van der Waals surface area contributed by atoms with Gasteiger partial charge in [0, 0.05) is 5.69 Å². The number of hydrogen-bond acceptors (Lipinski definition) is 4. The number of primary amides is 1. The lowest BCUT2D eigenvalue weighted by atomic mass is 10.2. The van der Waals surface area contributed by atoms with E-state index < -0.39 is 40.6 Å². The number of urea groups is 1. The Morgan fingerprint density at radius 1 is 1.32 bits per heavy atom. The molecule has 0 aliphatic heterocycles. The summed E-state index contributed by atoms with van der Waals surface area (Å²) >= 11 is 5.50. The highest BCUT2D eigenvalue weighted by Crippen LogP contribution is 2.36. The lowest BCUT2D eigenvalue weighted by Gasteiger charge is -2.22. The van der Waals surface area contributed by atoms with Crippen LogP contribution in [0.4, 0.5) is 23.7 Å². The van der Waals surface area contributed by atoms with E-state index in [2.05, 4.69) is 5.32 Å². The number of anilines is 1. The average Bonchev–Trinajstić information content (AvgIpc) is 2.46. The zero-order valence-corrected chi connectivity index (χ0v) is 14.0. The highest BCUT2D eigenvalue weighted by atomic mass is 35.5. The molecule has 25 heavy (non-hydrogen) atoms. The molecule has 1 aromatic rings. The molecule has 0 unspecified atom stereocenters. The Morgan fingerprint density at radius 3 is 2.44 bits per heavy atom. The van der Waals surface area contributed by atoms with E-state index in [-0.39, 0.29) is 12.2 Å². The fourth-order valence-electron chi connectivity index (χ4n) is 1.81. The second-order valence-electron chi connectivity index (χ2n) is 5.19. The molecule has 1 atom stereocenters. The van der Waals surface area contributed by atoms with Gasteiger partial charge < -0.3 is 11.1 Å². The second-order valence-corrected chi connectivity index (χ2v) is 5.59. The molecule has 7 nitrogen and oxygen atoms in total. The average molecular weight is 381 g/mol. The van der Waals surface area contributed by atoms with Crippen LogP contribution in [-0.2, 0) is 15.8 Å². The number of benzene rings is 1. The first-order valence-electron chi connectivity index (χ1n) is 6.89. The van der Waals surface area contributed by atoms with Crippen LogP contribution in [0, 0.1) is 0 Å². The number of halogens is 4. The summed E-state index contributed by atoms with van der Waals surface area (Å²) in [6, 6.07) is 1.05. The smallest absolute Gasteiger partial charge is 0.351 e. The van der Waals surface area contributed by atoms with Crippen LogP contribution in [0.2, 0.25) is 5.02 Å². The van der Waals surface area contributed by atoms with Gasteiger partial charge in [0.2, 0.25) is 11.8 Å². The Balaban J connectivity index is 2.74. The van der Waals surface area contributed by atoms with E-state index in [1.807, 2.05) is 5.32 Å². The molecule has 0 aliphatic carbocycles. The Bertz CT molecular complexity index is 682. The number of likely N-dealkylation sites (N-methyl/N-ethyl adjacent to an activating group) is 1. The van der Waals surface area contributed by atoms with Crippen LogP contribution in [0.25, 0.3) is 0 Å². The maximum atomic E-state index is 12.8. The van der Waals surface area contributed by atoms with Gasteiger partial charge in [-0.25, -0.2) is 4.79 Å². The number of nitrogens with one attached hydrogen (secondary N) is 2. The Hall–Kier alpha value is -2.33. The lowest BCUT2D eigenvalue weighted by Crippen LogP contribution is -2.48. The van der Waals surface area contributed by atoms with Crippen LogP contribution in [-0.4, -0.2) is 42.4 Å². The third kappa shape index (κ3) is 6.24. The summed E-state index contributed by atoms with van der Waals surface area (Å²) < 4.78 is 38.4. The van der Waals surface area contributed by atoms with Crippen LogP contribution in [0.15, 0.2) is 18.2 Å². The maximum absolute atomic E-state index is 12.8. The van der Waals surface area contributed by atoms with Gasteiger partial charge in [-0.15, -0.1) is 0 Å². The van der Waals surface area contributed by atoms with Crippen LogP contribution >= 0.6 is 11.6 Å². The normalized spacial score (nSPS) is 12.6. The van der Waals surface area contributed by atoms with Gasteiger partial charge in [-0.3, -0.25) is 19.8 Å². The third-order valence-corrected chi connectivity index (χ3v) is 3.57. The molecule has 11 heteroatoms. The number of rotatable bonds is 5. The molecule has 4 N–H and O–H groups in total. The molecule has 138 valence electrons. The number of nitrogens with zero attached hydrogens (tertiary/aromatic N) is 1. The van der Waals surface area contributed by atoms with Crippen molar-refractivity contribution >= 4 is 35.1 Å². The minimum absolute atomic E-state index is 0.0932. The molecule has 4 amide bonds. The monoisotopic (exact) mass is 380 g/mol. The second kappa shape index (κ2) is 8.17. The van der Waals surface area contributed by atoms with Gasteiger partial charge in [-0.1, -0.05) is 11.6 Å². The minimum Gasteiger partial charge on any atom is -0.351 e. The molecule has 1 aromatic carbocycles. The number of alkyl halides is 3. The van der Waals surface area contributed by atoms with Crippen molar-refractivity contribution in [3.63, 3.8) is 0 Å². The number of nitrogens with two attached hydrogens (primary N) is 1. The van der Waals surface area contributed by atoms with Crippen molar-refractivity contribution in [2.45, 2.75) is 19.1 Å². The largest absolute Gasteiger partial charge is 0.417 e. The number of carbonyl (C=O) groups excluding carboxylic acids is 3. The van der Waals surface area contributed by atoms with Gasteiger partial charge in [0.25, 0.3) is 0 Å². The van der Waals surface area contributed by atoms with Crippen LogP contribution < -0.4 is 16.4 Å². The van der Waals surface area contributed by atoms with Gasteiger partial charge in [0.05, 0.1) is 23.2 Å². The number of carbonyl (C=O) groups is 3. The summed E-state index contributed by atoms with van der Waals surface area (Å²) in [5.41, 5.74) is 3.66. The Kier molecular flexibility index (Phi) is 6.77. The van der Waals surface area contributed by atoms with Crippen LogP contribution in [0.3, 0.4) is 0 Å². The molecule has 0 radical (unpaired) electrons. The van der Waals surface area contributed by atoms with Crippen molar-refractivity contribution in [2.75, 3.05) is 18.9 Å². The summed E-state index contributed by atoms with van der Waals surface area (Å²) in [7, 11) is 1.42. The molecule has 0 heterocycles. The van der Waals surface area contributed by atoms with E-state index in [1.165, 1.54) is 24.9 Å². The first-order valence-corrected chi connectivity index (χ1v) is 7.26. The Morgan fingerprint density at radius 2 is 1.92 bits per heavy atom. The fourth-order valence-corrected chi connectivity index (χ4v) is 2.03. The number of hydrogen-bond donors (Lipinski definition) is 3. The summed E-state index contributed by atoms with van der Waals surface area (Å²) in [6.45, 7) is 1.12. The predicted octanol–water partition coefficient (Wildman–Crippen LogP) is 1.81. The molecule has 0 bridgehead atoms. The van der Waals surface area contributed by atoms with Crippen molar-refractivity contribution < 1.29 is 27.6 Å². The van der Waals surface area contributed by atoms with E-state index in [0.29, 0.717) is 6.07 Å². The molecule has 1 rings (SSSR count). The van der Waals surface area contributed by atoms with Gasteiger partial charge in [0.15, 0.2) is 0 Å². The van der Waals surface area contributed by atoms with E-state index >= 15 is 0 Å². The Labute approximate surface area is 146 Å².